The van der Waals surface area contributed by atoms with Crippen LogP contribution in [-0.2, 0) is 4.79 Å². The fourth-order valence-corrected chi connectivity index (χ4v) is 2.27. The zero-order chi connectivity index (χ0) is 14.5. The van der Waals surface area contributed by atoms with E-state index in [-0.39, 0.29) is 17.7 Å². The largest absolute Gasteiger partial charge is 0.493 e. The van der Waals surface area contributed by atoms with Gasteiger partial charge in [-0.1, -0.05) is 12.0 Å². The lowest BCUT2D eigenvalue weighted by Crippen LogP contribution is -2.01. The first kappa shape index (κ1) is 14.0. The van der Waals surface area contributed by atoms with Crippen molar-refractivity contribution < 1.29 is 14.3 Å². The van der Waals surface area contributed by atoms with Crippen LogP contribution in [0, 0.1) is 12.3 Å². The summed E-state index contributed by atoms with van der Waals surface area (Å²) in [5.41, 5.74) is 6.28. The van der Waals surface area contributed by atoms with Crippen LogP contribution in [0.2, 0.25) is 0 Å². The van der Waals surface area contributed by atoms with Crippen LogP contribution in [-0.4, -0.2) is 24.8 Å². The van der Waals surface area contributed by atoms with Gasteiger partial charge >= 0.3 is 0 Å². The number of rotatable bonds is 4. The van der Waals surface area contributed by atoms with Gasteiger partial charge in [0, 0.05) is 0 Å². The summed E-state index contributed by atoms with van der Waals surface area (Å²) in [5, 5.41) is 0.252. The molecule has 2 N–H and O–H groups in total. The molecule has 1 aliphatic rings. The van der Waals surface area contributed by atoms with Crippen LogP contribution in [0.4, 0.5) is 0 Å². The molecule has 102 valence electrons. The zero-order valence-electron chi connectivity index (χ0n) is 10.8. The lowest BCUT2D eigenvalue weighted by Gasteiger charge is -2.09. The van der Waals surface area contributed by atoms with Crippen molar-refractivity contribution in [3.8, 4) is 23.8 Å². The Bertz CT molecular complexity index is 644. The Morgan fingerprint density at radius 3 is 2.90 bits per heavy atom. The van der Waals surface area contributed by atoms with Gasteiger partial charge in [-0.05, 0) is 35.5 Å². The standard InChI is InChI=1S/C14H12N2O3S/c1-3-6-19-10-5-4-9(7-11(10)18-2)8-12-13(17)16-14(15)20-12/h1,4-5,7-8H,6H2,2H3,(H2,15,16,17). The third kappa shape index (κ3) is 3.13. The molecule has 0 spiro atoms. The van der Waals surface area contributed by atoms with Crippen LogP contribution < -0.4 is 15.2 Å². The molecule has 0 aromatic heterocycles. The summed E-state index contributed by atoms with van der Waals surface area (Å²) in [6.45, 7) is 0.162. The van der Waals surface area contributed by atoms with E-state index in [1.165, 1.54) is 7.11 Å². The molecule has 2 rings (SSSR count). The minimum absolute atomic E-state index is 0.162. The van der Waals surface area contributed by atoms with Gasteiger partial charge in [0.05, 0.1) is 12.0 Å². The molecule has 0 atom stereocenters. The zero-order valence-corrected chi connectivity index (χ0v) is 11.6. The number of thioether (sulfide) groups is 1. The number of amides is 1. The molecule has 0 saturated heterocycles. The second kappa shape index (κ2) is 6.17. The van der Waals surface area contributed by atoms with E-state index in [0.717, 1.165) is 17.3 Å². The topological polar surface area (TPSA) is 73.9 Å². The van der Waals surface area contributed by atoms with E-state index in [2.05, 4.69) is 10.9 Å². The molecule has 1 aliphatic heterocycles. The van der Waals surface area contributed by atoms with Crippen molar-refractivity contribution in [3.05, 3.63) is 28.7 Å². The summed E-state index contributed by atoms with van der Waals surface area (Å²) >= 11 is 1.14. The highest BCUT2D eigenvalue weighted by molar-refractivity contribution is 8.18. The monoisotopic (exact) mass is 288 g/mol. The number of hydrogen-bond donors (Lipinski definition) is 1. The average Bonchev–Trinajstić information content (AvgIpc) is 2.75. The van der Waals surface area contributed by atoms with E-state index in [4.69, 9.17) is 21.6 Å². The number of benzene rings is 1. The first-order chi connectivity index (χ1) is 9.63. The first-order valence-electron chi connectivity index (χ1n) is 5.66. The molecular weight excluding hydrogens is 276 g/mol. The number of amidine groups is 1. The molecule has 1 aromatic rings. The predicted molar refractivity (Wildman–Crippen MR) is 79.5 cm³/mol. The van der Waals surface area contributed by atoms with Gasteiger partial charge in [-0.25, -0.2) is 0 Å². The van der Waals surface area contributed by atoms with E-state index in [0.29, 0.717) is 16.4 Å². The van der Waals surface area contributed by atoms with Crippen molar-refractivity contribution in [1.82, 2.24) is 0 Å². The van der Waals surface area contributed by atoms with Crippen molar-refractivity contribution >= 4 is 28.9 Å². The van der Waals surface area contributed by atoms with Crippen LogP contribution in [0.1, 0.15) is 5.56 Å². The van der Waals surface area contributed by atoms with Gasteiger partial charge < -0.3 is 15.2 Å². The van der Waals surface area contributed by atoms with Crippen molar-refractivity contribution in [2.45, 2.75) is 0 Å². The number of carbonyl (C=O) groups is 1. The third-order valence-electron chi connectivity index (χ3n) is 2.43. The van der Waals surface area contributed by atoms with Gasteiger partial charge in [0.15, 0.2) is 16.7 Å². The molecule has 0 unspecified atom stereocenters. The molecule has 5 nitrogen and oxygen atoms in total. The maximum Gasteiger partial charge on any atom is 0.286 e. The fourth-order valence-electron chi connectivity index (χ4n) is 1.59. The highest BCUT2D eigenvalue weighted by Crippen LogP contribution is 2.31. The average molecular weight is 288 g/mol. The molecule has 0 fully saturated rings. The molecule has 1 aromatic carbocycles. The second-order valence-corrected chi connectivity index (χ2v) is 4.83. The summed E-state index contributed by atoms with van der Waals surface area (Å²) in [7, 11) is 1.53. The smallest absolute Gasteiger partial charge is 0.286 e. The minimum Gasteiger partial charge on any atom is -0.493 e. The Labute approximate surface area is 120 Å². The van der Waals surface area contributed by atoms with Crippen molar-refractivity contribution in [2.24, 2.45) is 10.7 Å². The van der Waals surface area contributed by atoms with Crippen LogP contribution in [0.15, 0.2) is 28.1 Å². The van der Waals surface area contributed by atoms with Gasteiger partial charge in [0.1, 0.15) is 6.61 Å². The normalized spacial score (nSPS) is 15.9. The highest BCUT2D eigenvalue weighted by atomic mass is 32.2. The van der Waals surface area contributed by atoms with Gasteiger partial charge in [-0.3, -0.25) is 4.79 Å². The second-order valence-electron chi connectivity index (χ2n) is 3.77. The maximum absolute atomic E-state index is 11.5. The maximum atomic E-state index is 11.5. The van der Waals surface area contributed by atoms with Gasteiger partial charge in [-0.15, -0.1) is 6.42 Å². The summed E-state index contributed by atoms with van der Waals surface area (Å²) in [4.78, 5) is 15.6. The van der Waals surface area contributed by atoms with E-state index in [1.54, 1.807) is 24.3 Å². The van der Waals surface area contributed by atoms with Crippen molar-refractivity contribution in [3.63, 3.8) is 0 Å². The molecular formula is C14H12N2O3S. The Kier molecular flexibility index (Phi) is 4.33. The molecule has 0 aliphatic carbocycles. The number of nitrogens with two attached hydrogens (primary N) is 1. The van der Waals surface area contributed by atoms with Gasteiger partial charge in [0.2, 0.25) is 0 Å². The molecule has 20 heavy (non-hydrogen) atoms. The molecule has 0 bridgehead atoms. The fraction of sp³-hybridized carbons (Fsp3) is 0.143. The Hall–Kier alpha value is -2.39. The summed E-state index contributed by atoms with van der Waals surface area (Å²) in [5.74, 6) is 3.14. The molecule has 1 heterocycles. The van der Waals surface area contributed by atoms with Crippen LogP contribution in [0.25, 0.3) is 6.08 Å². The van der Waals surface area contributed by atoms with Gasteiger partial charge in [-0.2, -0.15) is 4.99 Å². The molecule has 6 heteroatoms. The summed E-state index contributed by atoms with van der Waals surface area (Å²) < 4.78 is 10.6. The Balaban J connectivity index is 2.25. The van der Waals surface area contributed by atoms with Crippen LogP contribution in [0.3, 0.4) is 0 Å². The molecule has 1 amide bonds. The number of terminal acetylenes is 1. The minimum atomic E-state index is -0.334. The van der Waals surface area contributed by atoms with Crippen molar-refractivity contribution in [1.29, 1.82) is 0 Å². The summed E-state index contributed by atoms with van der Waals surface area (Å²) in [6, 6.07) is 5.28. The quantitative estimate of drug-likeness (QED) is 0.673. The first-order valence-corrected chi connectivity index (χ1v) is 6.48. The van der Waals surface area contributed by atoms with E-state index >= 15 is 0 Å². The number of aliphatic imine (C=N–C) groups is 1. The molecule has 0 saturated carbocycles. The van der Waals surface area contributed by atoms with E-state index in [1.807, 2.05) is 0 Å². The number of methoxy groups -OCH3 is 1. The number of ether oxygens (including phenoxy) is 2. The van der Waals surface area contributed by atoms with E-state index in [9.17, 15) is 4.79 Å². The Morgan fingerprint density at radius 2 is 2.30 bits per heavy atom. The molecule has 0 radical (unpaired) electrons. The third-order valence-corrected chi connectivity index (χ3v) is 3.25. The predicted octanol–water partition coefficient (Wildman–Crippen LogP) is 1.64. The number of hydrogen-bond acceptors (Lipinski definition) is 5. The van der Waals surface area contributed by atoms with Gasteiger partial charge in [0.25, 0.3) is 5.91 Å². The lowest BCUT2D eigenvalue weighted by atomic mass is 10.2. The number of nitrogens with zero attached hydrogens (tertiary/aromatic N) is 1. The summed E-state index contributed by atoms with van der Waals surface area (Å²) in [6.07, 6.45) is 6.84. The van der Waals surface area contributed by atoms with E-state index < -0.39 is 0 Å². The Morgan fingerprint density at radius 1 is 1.50 bits per heavy atom. The SMILES string of the molecule is C#CCOc1ccc(C=C2SC(N)=NC2=O)cc1OC. The lowest BCUT2D eigenvalue weighted by molar-refractivity contribution is -0.113. The number of carbonyl (C=O) groups excluding carboxylic acids is 1. The van der Waals surface area contributed by atoms with Crippen LogP contribution in [0.5, 0.6) is 11.5 Å². The highest BCUT2D eigenvalue weighted by Gasteiger charge is 2.19. The van der Waals surface area contributed by atoms with Crippen LogP contribution >= 0.6 is 11.8 Å². The van der Waals surface area contributed by atoms with Crippen molar-refractivity contribution in [2.75, 3.05) is 13.7 Å².